The normalized spacial score (nSPS) is 12.2. The van der Waals surface area contributed by atoms with Crippen LogP contribution in [-0.4, -0.2) is 19.6 Å². The van der Waals surface area contributed by atoms with Gasteiger partial charge in [0, 0.05) is 17.6 Å². The summed E-state index contributed by atoms with van der Waals surface area (Å²) in [5.41, 5.74) is 1.11. The number of rotatable bonds is 5. The highest BCUT2D eigenvalue weighted by Gasteiger charge is 2.06. The largest absolute Gasteiger partial charge is 0.469 e. The van der Waals surface area contributed by atoms with Crippen LogP contribution in [0.4, 0.5) is 0 Å². The zero-order valence-electron chi connectivity index (χ0n) is 9.50. The number of hydrogen-bond donors (Lipinski definition) is 1. The molecule has 0 amide bonds. The van der Waals surface area contributed by atoms with Crippen molar-refractivity contribution in [2.75, 3.05) is 13.7 Å². The molecule has 1 aromatic carbocycles. The van der Waals surface area contributed by atoms with E-state index >= 15 is 0 Å². The van der Waals surface area contributed by atoms with Crippen LogP contribution in [0.15, 0.2) is 24.3 Å². The van der Waals surface area contributed by atoms with Crippen molar-refractivity contribution in [2.45, 2.75) is 19.4 Å². The summed E-state index contributed by atoms with van der Waals surface area (Å²) < 4.78 is 4.56. The molecular weight excluding hydrogens is 226 g/mol. The van der Waals surface area contributed by atoms with E-state index in [1.807, 2.05) is 31.2 Å². The van der Waals surface area contributed by atoms with E-state index in [9.17, 15) is 4.79 Å². The fraction of sp³-hybridized carbons (Fsp3) is 0.417. The second-order valence-corrected chi connectivity index (χ2v) is 3.99. The minimum atomic E-state index is -0.203. The predicted molar refractivity (Wildman–Crippen MR) is 64.5 cm³/mol. The van der Waals surface area contributed by atoms with Gasteiger partial charge in [0.05, 0.1) is 13.5 Å². The van der Waals surface area contributed by atoms with Crippen LogP contribution in [0.1, 0.15) is 24.9 Å². The van der Waals surface area contributed by atoms with Crippen molar-refractivity contribution >= 4 is 17.6 Å². The fourth-order valence-corrected chi connectivity index (χ4v) is 1.59. The van der Waals surface area contributed by atoms with Crippen LogP contribution in [0, 0.1) is 0 Å². The number of ether oxygens (including phenoxy) is 1. The average Bonchev–Trinajstić information content (AvgIpc) is 2.28. The Balaban J connectivity index is 2.40. The van der Waals surface area contributed by atoms with Crippen LogP contribution in [0.2, 0.25) is 5.02 Å². The number of methoxy groups -OCH3 is 1. The van der Waals surface area contributed by atoms with Crippen molar-refractivity contribution in [3.63, 3.8) is 0 Å². The summed E-state index contributed by atoms with van der Waals surface area (Å²) in [6.45, 7) is 2.63. The molecule has 1 aromatic rings. The Morgan fingerprint density at radius 2 is 2.31 bits per heavy atom. The second kappa shape index (κ2) is 6.51. The molecule has 0 bridgehead atoms. The van der Waals surface area contributed by atoms with Gasteiger partial charge in [0.25, 0.3) is 0 Å². The smallest absolute Gasteiger partial charge is 0.306 e. The Morgan fingerprint density at radius 3 is 2.94 bits per heavy atom. The molecule has 0 saturated carbocycles. The van der Waals surface area contributed by atoms with Gasteiger partial charge in [-0.1, -0.05) is 23.7 Å². The van der Waals surface area contributed by atoms with Gasteiger partial charge >= 0.3 is 5.97 Å². The maximum absolute atomic E-state index is 10.9. The van der Waals surface area contributed by atoms with E-state index in [-0.39, 0.29) is 12.0 Å². The van der Waals surface area contributed by atoms with Gasteiger partial charge in [-0.25, -0.2) is 0 Å². The molecule has 1 rings (SSSR count). The number of hydrogen-bond acceptors (Lipinski definition) is 3. The fourth-order valence-electron chi connectivity index (χ4n) is 1.39. The highest BCUT2D eigenvalue weighted by molar-refractivity contribution is 6.30. The predicted octanol–water partition coefficient (Wildman–Crippen LogP) is 2.55. The van der Waals surface area contributed by atoms with Gasteiger partial charge in [0.1, 0.15) is 0 Å². The van der Waals surface area contributed by atoms with E-state index in [0.29, 0.717) is 13.0 Å². The topological polar surface area (TPSA) is 38.3 Å². The lowest BCUT2D eigenvalue weighted by molar-refractivity contribution is -0.140. The lowest BCUT2D eigenvalue weighted by atomic mass is 10.1. The minimum Gasteiger partial charge on any atom is -0.469 e. The number of carbonyl (C=O) groups excluding carboxylic acids is 1. The minimum absolute atomic E-state index is 0.170. The molecule has 3 nitrogen and oxygen atoms in total. The molecule has 0 fully saturated rings. The molecule has 0 aliphatic rings. The first-order chi connectivity index (χ1) is 7.63. The van der Waals surface area contributed by atoms with Gasteiger partial charge in [-0.15, -0.1) is 0 Å². The highest BCUT2D eigenvalue weighted by Crippen LogP contribution is 2.17. The molecule has 0 saturated heterocycles. The summed E-state index contributed by atoms with van der Waals surface area (Å²) in [4.78, 5) is 10.9. The summed E-state index contributed by atoms with van der Waals surface area (Å²) in [7, 11) is 1.39. The molecule has 0 aliphatic heterocycles. The van der Waals surface area contributed by atoms with Gasteiger partial charge < -0.3 is 10.1 Å². The summed E-state index contributed by atoms with van der Waals surface area (Å²) >= 11 is 5.89. The molecule has 16 heavy (non-hydrogen) atoms. The van der Waals surface area contributed by atoms with E-state index in [1.165, 1.54) is 7.11 Å². The Bertz CT molecular complexity index is 355. The molecule has 1 N–H and O–H groups in total. The highest BCUT2D eigenvalue weighted by atomic mass is 35.5. The molecule has 0 aromatic heterocycles. The van der Waals surface area contributed by atoms with Crippen LogP contribution in [0.5, 0.6) is 0 Å². The molecule has 1 atom stereocenters. The molecule has 0 heterocycles. The van der Waals surface area contributed by atoms with Crippen LogP contribution in [0.25, 0.3) is 0 Å². The summed E-state index contributed by atoms with van der Waals surface area (Å²) in [6, 6.07) is 7.84. The van der Waals surface area contributed by atoms with Crippen molar-refractivity contribution in [1.82, 2.24) is 5.32 Å². The summed E-state index contributed by atoms with van der Waals surface area (Å²) in [5, 5.41) is 3.95. The molecule has 4 heteroatoms. The number of carbonyl (C=O) groups is 1. The third-order valence-electron chi connectivity index (χ3n) is 2.36. The SMILES string of the molecule is COC(=O)CCNC(C)c1cccc(Cl)c1. The quantitative estimate of drug-likeness (QED) is 0.806. The van der Waals surface area contributed by atoms with Gasteiger partial charge in [-0.3, -0.25) is 4.79 Å². The zero-order valence-corrected chi connectivity index (χ0v) is 10.3. The van der Waals surface area contributed by atoms with Crippen LogP contribution >= 0.6 is 11.6 Å². The van der Waals surface area contributed by atoms with Crippen molar-refractivity contribution < 1.29 is 9.53 Å². The van der Waals surface area contributed by atoms with Crippen LogP contribution in [-0.2, 0) is 9.53 Å². The molecule has 0 aliphatic carbocycles. The third kappa shape index (κ3) is 4.21. The molecule has 1 unspecified atom stereocenters. The van der Waals surface area contributed by atoms with Gasteiger partial charge in [-0.2, -0.15) is 0 Å². The Kier molecular flexibility index (Phi) is 5.29. The Morgan fingerprint density at radius 1 is 1.56 bits per heavy atom. The summed E-state index contributed by atoms with van der Waals surface area (Å²) in [5.74, 6) is -0.203. The van der Waals surface area contributed by atoms with E-state index < -0.39 is 0 Å². The molecular formula is C12H16ClNO2. The second-order valence-electron chi connectivity index (χ2n) is 3.56. The van der Waals surface area contributed by atoms with E-state index in [4.69, 9.17) is 11.6 Å². The van der Waals surface area contributed by atoms with Gasteiger partial charge in [0.15, 0.2) is 0 Å². The zero-order chi connectivity index (χ0) is 12.0. The lowest BCUT2D eigenvalue weighted by Gasteiger charge is -2.13. The first-order valence-electron chi connectivity index (χ1n) is 5.19. The van der Waals surface area contributed by atoms with Crippen LogP contribution < -0.4 is 5.32 Å². The van der Waals surface area contributed by atoms with Crippen molar-refractivity contribution in [2.24, 2.45) is 0 Å². The maximum Gasteiger partial charge on any atom is 0.306 e. The van der Waals surface area contributed by atoms with E-state index in [1.54, 1.807) is 0 Å². The standard InChI is InChI=1S/C12H16ClNO2/c1-9(14-7-6-12(15)16-2)10-4-3-5-11(13)8-10/h3-5,8-9,14H,6-7H2,1-2H3. The van der Waals surface area contributed by atoms with Crippen LogP contribution in [0.3, 0.4) is 0 Å². The molecule has 0 radical (unpaired) electrons. The first kappa shape index (κ1) is 13.0. The lowest BCUT2D eigenvalue weighted by Crippen LogP contribution is -2.22. The Hall–Kier alpha value is -1.06. The van der Waals surface area contributed by atoms with Gasteiger partial charge in [-0.05, 0) is 24.6 Å². The van der Waals surface area contributed by atoms with Gasteiger partial charge in [0.2, 0.25) is 0 Å². The first-order valence-corrected chi connectivity index (χ1v) is 5.57. The van der Waals surface area contributed by atoms with Crippen molar-refractivity contribution in [1.29, 1.82) is 0 Å². The monoisotopic (exact) mass is 241 g/mol. The molecule has 88 valence electrons. The van der Waals surface area contributed by atoms with E-state index in [0.717, 1.165) is 10.6 Å². The average molecular weight is 242 g/mol. The number of halogens is 1. The third-order valence-corrected chi connectivity index (χ3v) is 2.59. The molecule has 0 spiro atoms. The number of esters is 1. The van der Waals surface area contributed by atoms with E-state index in [2.05, 4.69) is 10.1 Å². The van der Waals surface area contributed by atoms with Crippen molar-refractivity contribution in [3.05, 3.63) is 34.9 Å². The number of benzene rings is 1. The summed E-state index contributed by atoms with van der Waals surface area (Å²) in [6.07, 6.45) is 0.376. The number of nitrogens with one attached hydrogen (secondary N) is 1. The Labute approximate surface area is 101 Å². The maximum atomic E-state index is 10.9. The van der Waals surface area contributed by atoms with Crippen molar-refractivity contribution in [3.8, 4) is 0 Å².